The first kappa shape index (κ1) is 14.8. The Balaban J connectivity index is 1.83. The number of amides is 2. The number of hydrogen-bond acceptors (Lipinski definition) is 5. The van der Waals surface area contributed by atoms with Crippen LogP contribution in [0, 0.1) is 0 Å². The number of halogens is 2. The van der Waals surface area contributed by atoms with E-state index in [4.69, 9.17) is 0 Å². The molecule has 0 saturated carbocycles. The van der Waals surface area contributed by atoms with Crippen molar-refractivity contribution >= 4 is 16.1 Å². The van der Waals surface area contributed by atoms with E-state index < -0.39 is 28.1 Å². The van der Waals surface area contributed by atoms with Crippen LogP contribution in [0.4, 0.5) is 13.6 Å². The second kappa shape index (κ2) is 4.95. The maximum absolute atomic E-state index is 12.9. The standard InChI is InChI=1S/C11H11F2N3O5S/c12-11(13)20-8-3-2-7(6-9(8)21-11)22(18,19)15-16-5-1-4-14-10(16)17/h2-3,6,15H,1,4-5H2,(H,14,17). The van der Waals surface area contributed by atoms with Crippen molar-refractivity contribution in [3.05, 3.63) is 18.2 Å². The lowest BCUT2D eigenvalue weighted by molar-refractivity contribution is -0.286. The average molecular weight is 335 g/mol. The molecule has 0 spiro atoms. The number of nitrogens with zero attached hydrogens (tertiary/aromatic N) is 1. The molecule has 1 aromatic carbocycles. The Morgan fingerprint density at radius 1 is 1.27 bits per heavy atom. The van der Waals surface area contributed by atoms with Crippen molar-refractivity contribution in [1.29, 1.82) is 0 Å². The van der Waals surface area contributed by atoms with Gasteiger partial charge in [-0.15, -0.1) is 13.6 Å². The Hall–Kier alpha value is -2.14. The minimum Gasteiger partial charge on any atom is -0.395 e. The molecular formula is C11H11F2N3O5S. The van der Waals surface area contributed by atoms with Crippen LogP contribution in [0.25, 0.3) is 0 Å². The van der Waals surface area contributed by atoms with Gasteiger partial charge < -0.3 is 14.8 Å². The third-order valence-corrected chi connectivity index (χ3v) is 4.33. The molecule has 1 fully saturated rings. The summed E-state index contributed by atoms with van der Waals surface area (Å²) in [5.74, 6) is -0.657. The van der Waals surface area contributed by atoms with Crippen molar-refractivity contribution in [1.82, 2.24) is 15.2 Å². The molecule has 11 heteroatoms. The number of sulfonamides is 1. The highest BCUT2D eigenvalue weighted by atomic mass is 32.2. The van der Waals surface area contributed by atoms with Gasteiger partial charge in [-0.2, -0.15) is 0 Å². The highest BCUT2D eigenvalue weighted by molar-refractivity contribution is 7.89. The zero-order valence-electron chi connectivity index (χ0n) is 11.0. The Morgan fingerprint density at radius 3 is 2.73 bits per heavy atom. The Morgan fingerprint density at radius 2 is 2.00 bits per heavy atom. The number of alkyl halides is 2. The van der Waals surface area contributed by atoms with Gasteiger partial charge in [0, 0.05) is 19.2 Å². The molecule has 1 aromatic rings. The fraction of sp³-hybridized carbons (Fsp3) is 0.364. The minimum atomic E-state index is -4.12. The van der Waals surface area contributed by atoms with E-state index in [0.717, 1.165) is 23.2 Å². The van der Waals surface area contributed by atoms with Gasteiger partial charge in [0.2, 0.25) is 0 Å². The smallest absolute Gasteiger partial charge is 0.395 e. The molecule has 2 heterocycles. The quantitative estimate of drug-likeness (QED) is 0.844. The normalized spacial score (nSPS) is 19.9. The fourth-order valence-corrected chi connectivity index (χ4v) is 3.09. The molecule has 1 saturated heterocycles. The SMILES string of the molecule is O=C1NCCCN1NS(=O)(=O)c1ccc2c(c1)OC(F)(F)O2. The summed E-state index contributed by atoms with van der Waals surface area (Å²) in [6, 6.07) is 2.46. The molecule has 0 radical (unpaired) electrons. The van der Waals surface area contributed by atoms with Crippen LogP contribution in [-0.2, 0) is 10.0 Å². The summed E-state index contributed by atoms with van der Waals surface area (Å²) in [7, 11) is -4.12. The average Bonchev–Trinajstić information content (AvgIpc) is 2.74. The molecule has 8 nitrogen and oxygen atoms in total. The predicted molar refractivity (Wildman–Crippen MR) is 67.7 cm³/mol. The van der Waals surface area contributed by atoms with Crippen molar-refractivity contribution in [2.24, 2.45) is 0 Å². The lowest BCUT2D eigenvalue weighted by atomic mass is 10.3. The summed E-state index contributed by atoms with van der Waals surface area (Å²) in [6.45, 7) is 0.657. The van der Waals surface area contributed by atoms with Gasteiger partial charge in [0.1, 0.15) is 0 Å². The van der Waals surface area contributed by atoms with Crippen LogP contribution in [0.5, 0.6) is 11.5 Å². The molecule has 2 aliphatic rings. The van der Waals surface area contributed by atoms with Gasteiger partial charge in [-0.1, -0.05) is 0 Å². The minimum absolute atomic E-state index is 0.202. The lowest BCUT2D eigenvalue weighted by Crippen LogP contribution is -2.54. The van der Waals surface area contributed by atoms with E-state index in [1.807, 2.05) is 0 Å². The van der Waals surface area contributed by atoms with Crippen molar-refractivity contribution in [3.8, 4) is 11.5 Å². The number of benzene rings is 1. The van der Waals surface area contributed by atoms with Gasteiger partial charge >= 0.3 is 12.3 Å². The van der Waals surface area contributed by atoms with E-state index in [1.54, 1.807) is 0 Å². The molecule has 2 amide bonds. The van der Waals surface area contributed by atoms with E-state index in [-0.39, 0.29) is 17.2 Å². The molecule has 2 aliphatic heterocycles. The van der Waals surface area contributed by atoms with Gasteiger partial charge in [0.15, 0.2) is 11.5 Å². The highest BCUT2D eigenvalue weighted by Crippen LogP contribution is 2.41. The molecule has 22 heavy (non-hydrogen) atoms. The van der Waals surface area contributed by atoms with Gasteiger partial charge in [-0.25, -0.2) is 18.2 Å². The molecule has 2 N–H and O–H groups in total. The Kier molecular flexibility index (Phi) is 3.33. The number of ether oxygens (including phenoxy) is 2. The van der Waals surface area contributed by atoms with Gasteiger partial charge in [0.25, 0.3) is 10.0 Å². The third kappa shape index (κ3) is 2.76. The number of hydrazine groups is 1. The zero-order valence-corrected chi connectivity index (χ0v) is 11.8. The maximum atomic E-state index is 12.9. The molecule has 0 atom stereocenters. The van der Waals surface area contributed by atoms with E-state index >= 15 is 0 Å². The van der Waals surface area contributed by atoms with Crippen molar-refractivity contribution in [2.75, 3.05) is 13.1 Å². The predicted octanol–water partition coefficient (Wildman–Crippen LogP) is 0.617. The molecular weight excluding hydrogens is 324 g/mol. The van der Waals surface area contributed by atoms with Gasteiger partial charge in [-0.3, -0.25) is 0 Å². The van der Waals surface area contributed by atoms with Crippen LogP contribution in [0.2, 0.25) is 0 Å². The number of urea groups is 1. The van der Waals surface area contributed by atoms with E-state index in [0.29, 0.717) is 13.0 Å². The monoisotopic (exact) mass is 335 g/mol. The van der Waals surface area contributed by atoms with Gasteiger partial charge in [-0.05, 0) is 18.6 Å². The Labute approximate surface area is 124 Å². The van der Waals surface area contributed by atoms with E-state index in [2.05, 4.69) is 19.6 Å². The van der Waals surface area contributed by atoms with E-state index in [1.165, 1.54) is 0 Å². The number of carbonyl (C=O) groups excluding carboxylic acids is 1. The topological polar surface area (TPSA) is 97.0 Å². The van der Waals surface area contributed by atoms with Crippen molar-refractivity contribution < 1.29 is 31.5 Å². The second-order valence-corrected chi connectivity index (χ2v) is 6.27. The first-order valence-corrected chi connectivity index (χ1v) is 7.73. The summed E-state index contributed by atoms with van der Waals surface area (Å²) in [4.78, 5) is 13.3. The molecule has 3 rings (SSSR count). The number of hydrogen-bond donors (Lipinski definition) is 2. The van der Waals surface area contributed by atoms with E-state index in [9.17, 15) is 22.0 Å². The van der Waals surface area contributed by atoms with Crippen LogP contribution >= 0.6 is 0 Å². The van der Waals surface area contributed by atoms with Gasteiger partial charge in [0.05, 0.1) is 4.90 Å². The summed E-state index contributed by atoms with van der Waals surface area (Å²) in [5.41, 5.74) is 0. The number of nitrogens with one attached hydrogen (secondary N) is 2. The third-order valence-electron chi connectivity index (χ3n) is 2.99. The first-order chi connectivity index (χ1) is 10.3. The molecule has 0 aromatic heterocycles. The number of rotatable bonds is 3. The highest BCUT2D eigenvalue weighted by Gasteiger charge is 2.43. The van der Waals surface area contributed by atoms with Crippen LogP contribution in [0.3, 0.4) is 0 Å². The first-order valence-electron chi connectivity index (χ1n) is 6.25. The second-order valence-electron chi connectivity index (χ2n) is 4.61. The molecule has 0 bridgehead atoms. The van der Waals surface area contributed by atoms with Crippen molar-refractivity contribution in [3.63, 3.8) is 0 Å². The lowest BCUT2D eigenvalue weighted by Gasteiger charge is -2.27. The zero-order chi connectivity index (χ0) is 16.0. The molecule has 0 unspecified atom stereocenters. The van der Waals surface area contributed by atoms with Crippen LogP contribution in [-0.4, -0.2) is 38.8 Å². The van der Waals surface area contributed by atoms with Crippen LogP contribution in [0.15, 0.2) is 23.1 Å². The molecule has 0 aliphatic carbocycles. The number of fused-ring (bicyclic) bond motifs is 1. The molecule has 120 valence electrons. The fourth-order valence-electron chi connectivity index (χ4n) is 2.01. The summed E-state index contributed by atoms with van der Waals surface area (Å²) >= 11 is 0. The maximum Gasteiger partial charge on any atom is 0.586 e. The summed E-state index contributed by atoms with van der Waals surface area (Å²) < 4.78 is 58.6. The summed E-state index contributed by atoms with van der Waals surface area (Å²) in [6.07, 6.45) is -3.26. The summed E-state index contributed by atoms with van der Waals surface area (Å²) in [5, 5.41) is 3.38. The van der Waals surface area contributed by atoms with Crippen molar-refractivity contribution in [2.45, 2.75) is 17.6 Å². The number of carbonyl (C=O) groups is 1. The van der Waals surface area contributed by atoms with Crippen LogP contribution in [0.1, 0.15) is 6.42 Å². The largest absolute Gasteiger partial charge is 0.586 e. The Bertz CT molecular complexity index is 724. The van der Waals surface area contributed by atoms with Crippen LogP contribution < -0.4 is 19.6 Å².